The second kappa shape index (κ2) is 10.7. The number of amides is 2. The molecule has 2 aromatic carbocycles. The number of hydrogen-bond acceptors (Lipinski definition) is 4. The highest BCUT2D eigenvalue weighted by Gasteiger charge is 2.52. The average Bonchev–Trinajstić information content (AvgIpc) is 3.08. The van der Waals surface area contributed by atoms with Crippen molar-refractivity contribution in [3.8, 4) is 5.75 Å². The van der Waals surface area contributed by atoms with Gasteiger partial charge >= 0.3 is 5.97 Å². The Morgan fingerprint density at radius 1 is 1.14 bits per heavy atom. The number of halogens is 1. The lowest BCUT2D eigenvalue weighted by atomic mass is 9.75. The Morgan fingerprint density at radius 3 is 2.53 bits per heavy atom. The number of rotatable bonds is 8. The molecule has 0 unspecified atom stereocenters. The summed E-state index contributed by atoms with van der Waals surface area (Å²) in [6, 6.07) is 13.1. The van der Waals surface area contributed by atoms with Gasteiger partial charge in [0.15, 0.2) is 6.61 Å². The minimum atomic E-state index is -1.09. The molecule has 0 saturated carbocycles. The Hall–Kier alpha value is -3.42. The van der Waals surface area contributed by atoms with Crippen LogP contribution in [0, 0.1) is 17.2 Å². The summed E-state index contributed by atoms with van der Waals surface area (Å²) in [5.41, 5.74) is 0.809. The fourth-order valence-corrected chi connectivity index (χ4v) is 5.47. The first-order chi connectivity index (χ1) is 17.2. The number of carboxylic acids is 1. The summed E-state index contributed by atoms with van der Waals surface area (Å²) in [6.45, 7) is 5.29. The lowest BCUT2D eigenvalue weighted by molar-refractivity contribution is -0.140. The van der Waals surface area contributed by atoms with Gasteiger partial charge in [-0.05, 0) is 67.5 Å². The van der Waals surface area contributed by atoms with Crippen molar-refractivity contribution in [2.75, 3.05) is 26.2 Å². The number of carbonyl (C=O) groups excluding carboxylic acids is 2. The predicted octanol–water partition coefficient (Wildman–Crippen LogP) is 4.01. The van der Waals surface area contributed by atoms with Gasteiger partial charge in [-0.3, -0.25) is 9.59 Å². The molecule has 1 spiro atoms. The van der Waals surface area contributed by atoms with Crippen LogP contribution in [0.25, 0.3) is 0 Å². The molecule has 1 N–H and O–H groups in total. The third-order valence-electron chi connectivity index (χ3n) is 7.15. The van der Waals surface area contributed by atoms with Crippen LogP contribution in [0.4, 0.5) is 4.39 Å². The molecule has 2 fully saturated rings. The fraction of sp³-hybridized carbons (Fsp3) is 0.464. The van der Waals surface area contributed by atoms with E-state index in [-0.39, 0.29) is 23.7 Å². The number of ether oxygens (including phenoxy) is 1. The van der Waals surface area contributed by atoms with E-state index in [0.717, 1.165) is 5.56 Å². The Kier molecular flexibility index (Phi) is 7.62. The molecule has 0 radical (unpaired) electrons. The van der Waals surface area contributed by atoms with Crippen LogP contribution in [0.15, 0.2) is 48.5 Å². The van der Waals surface area contributed by atoms with Gasteiger partial charge < -0.3 is 19.6 Å². The number of carboxylic acid groups (broad SMARTS) is 1. The molecule has 7 nitrogen and oxygen atoms in total. The zero-order valence-corrected chi connectivity index (χ0v) is 20.8. The summed E-state index contributed by atoms with van der Waals surface area (Å²) in [7, 11) is 0. The highest BCUT2D eigenvalue weighted by Crippen LogP contribution is 2.45. The van der Waals surface area contributed by atoms with Crippen molar-refractivity contribution < 1.29 is 28.6 Å². The smallest absolute Gasteiger partial charge is 0.341 e. The minimum absolute atomic E-state index is 0.00650. The molecule has 2 heterocycles. The van der Waals surface area contributed by atoms with Crippen LogP contribution in [0.5, 0.6) is 5.75 Å². The maximum Gasteiger partial charge on any atom is 0.341 e. The Balaban J connectivity index is 1.45. The maximum atomic E-state index is 13.8. The van der Waals surface area contributed by atoms with Crippen molar-refractivity contribution >= 4 is 17.8 Å². The highest BCUT2D eigenvalue weighted by atomic mass is 19.1. The second-order valence-electron chi connectivity index (χ2n) is 10.3. The number of aliphatic carboxylic acids is 1. The summed E-state index contributed by atoms with van der Waals surface area (Å²) in [5.74, 6) is -0.730. The van der Waals surface area contributed by atoms with Gasteiger partial charge in [0.25, 0.3) is 5.91 Å². The van der Waals surface area contributed by atoms with Gasteiger partial charge in [-0.15, -0.1) is 0 Å². The Morgan fingerprint density at radius 2 is 1.86 bits per heavy atom. The molecule has 0 bridgehead atoms. The zero-order valence-electron chi connectivity index (χ0n) is 20.8. The molecular formula is C28H33FN2O5. The SMILES string of the molecule is CC(C)CN1C(=O)C2(CCN(C(=O)c3cccc(OCC(=O)O)c3)CC2)C[C@@H]1Cc1cccc(F)c1. The molecule has 2 aromatic rings. The van der Waals surface area contributed by atoms with E-state index in [4.69, 9.17) is 9.84 Å². The summed E-state index contributed by atoms with van der Waals surface area (Å²) >= 11 is 0. The third-order valence-corrected chi connectivity index (χ3v) is 7.15. The molecule has 0 aliphatic carbocycles. The van der Waals surface area contributed by atoms with Crippen molar-refractivity contribution in [1.82, 2.24) is 9.80 Å². The van der Waals surface area contributed by atoms with Crippen LogP contribution in [-0.2, 0) is 16.0 Å². The van der Waals surface area contributed by atoms with Gasteiger partial charge in [-0.2, -0.15) is 0 Å². The number of nitrogens with zero attached hydrogens (tertiary/aromatic N) is 2. The fourth-order valence-electron chi connectivity index (χ4n) is 5.47. The van der Waals surface area contributed by atoms with Crippen molar-refractivity contribution in [3.63, 3.8) is 0 Å². The number of likely N-dealkylation sites (tertiary alicyclic amines) is 2. The van der Waals surface area contributed by atoms with Crippen LogP contribution in [0.2, 0.25) is 0 Å². The second-order valence-corrected chi connectivity index (χ2v) is 10.3. The molecule has 2 saturated heterocycles. The quantitative estimate of drug-likeness (QED) is 0.597. The van der Waals surface area contributed by atoms with Gasteiger partial charge in [-0.25, -0.2) is 9.18 Å². The molecule has 2 amide bonds. The van der Waals surface area contributed by atoms with Crippen molar-refractivity contribution in [2.24, 2.45) is 11.3 Å². The first-order valence-electron chi connectivity index (χ1n) is 12.5. The average molecular weight is 497 g/mol. The van der Waals surface area contributed by atoms with E-state index in [9.17, 15) is 18.8 Å². The highest BCUT2D eigenvalue weighted by molar-refractivity contribution is 5.95. The summed E-state index contributed by atoms with van der Waals surface area (Å²) in [6.07, 6.45) is 2.49. The first-order valence-corrected chi connectivity index (χ1v) is 12.5. The van der Waals surface area contributed by atoms with Crippen molar-refractivity contribution in [3.05, 3.63) is 65.5 Å². The molecule has 2 aliphatic rings. The van der Waals surface area contributed by atoms with E-state index in [1.54, 1.807) is 41.3 Å². The lowest BCUT2D eigenvalue weighted by Crippen LogP contribution is -2.47. The molecule has 36 heavy (non-hydrogen) atoms. The Labute approximate surface area is 210 Å². The van der Waals surface area contributed by atoms with Gasteiger partial charge in [0.1, 0.15) is 11.6 Å². The van der Waals surface area contributed by atoms with E-state index in [1.165, 1.54) is 6.07 Å². The first kappa shape index (κ1) is 25.7. The van der Waals surface area contributed by atoms with Crippen molar-refractivity contribution in [1.29, 1.82) is 0 Å². The number of carbonyl (C=O) groups is 3. The van der Waals surface area contributed by atoms with Gasteiger partial charge in [0.05, 0.1) is 5.41 Å². The molecule has 2 aliphatic heterocycles. The molecule has 0 aromatic heterocycles. The largest absolute Gasteiger partial charge is 0.482 e. The van der Waals surface area contributed by atoms with E-state index < -0.39 is 18.0 Å². The van der Waals surface area contributed by atoms with Gasteiger partial charge in [-0.1, -0.05) is 32.0 Å². The van der Waals surface area contributed by atoms with E-state index in [2.05, 4.69) is 13.8 Å². The Bertz CT molecular complexity index is 1130. The number of benzene rings is 2. The topological polar surface area (TPSA) is 87.2 Å². The van der Waals surface area contributed by atoms with Crippen LogP contribution >= 0.6 is 0 Å². The normalized spacial score (nSPS) is 19.2. The summed E-state index contributed by atoms with van der Waals surface area (Å²) < 4.78 is 19.0. The van der Waals surface area contributed by atoms with Crippen LogP contribution < -0.4 is 4.74 Å². The van der Waals surface area contributed by atoms with Crippen LogP contribution in [-0.4, -0.2) is 65.0 Å². The molecular weight excluding hydrogens is 463 g/mol. The van der Waals surface area contributed by atoms with E-state index in [0.29, 0.717) is 62.5 Å². The predicted molar refractivity (Wildman–Crippen MR) is 132 cm³/mol. The van der Waals surface area contributed by atoms with Crippen molar-refractivity contribution in [2.45, 2.75) is 45.6 Å². The standard InChI is InChI=1S/C28H33FN2O5/c1-19(2)17-31-23(14-20-5-3-7-22(29)13-20)16-28(27(31)35)9-11-30(12-10-28)26(34)21-6-4-8-24(15-21)36-18-25(32)33/h3-8,13,15,19,23H,9-12,14,16-18H2,1-2H3,(H,32,33)/t23-/m0/s1. The van der Waals surface area contributed by atoms with Crippen LogP contribution in [0.1, 0.15) is 49.0 Å². The third kappa shape index (κ3) is 5.69. The van der Waals surface area contributed by atoms with Gasteiger partial charge in [0.2, 0.25) is 5.91 Å². The monoisotopic (exact) mass is 496 g/mol. The molecule has 4 rings (SSSR count). The minimum Gasteiger partial charge on any atom is -0.482 e. The molecule has 1 atom stereocenters. The summed E-state index contributed by atoms with van der Waals surface area (Å²) in [5, 5.41) is 8.81. The number of hydrogen-bond donors (Lipinski definition) is 1. The molecule has 192 valence electrons. The van der Waals surface area contributed by atoms with E-state index in [1.807, 2.05) is 11.0 Å². The van der Waals surface area contributed by atoms with E-state index >= 15 is 0 Å². The molecule has 8 heteroatoms. The zero-order chi connectivity index (χ0) is 25.9. The maximum absolute atomic E-state index is 13.8. The van der Waals surface area contributed by atoms with Crippen LogP contribution in [0.3, 0.4) is 0 Å². The van der Waals surface area contributed by atoms with Gasteiger partial charge in [0, 0.05) is 31.2 Å². The summed E-state index contributed by atoms with van der Waals surface area (Å²) in [4.78, 5) is 41.3. The number of piperidine rings is 1. The lowest BCUT2D eigenvalue weighted by Gasteiger charge is -2.38.